The maximum atomic E-state index is 13.0. The van der Waals surface area contributed by atoms with Crippen LogP contribution in [0.4, 0.5) is 4.39 Å². The zero-order chi connectivity index (χ0) is 15.9. The lowest BCUT2D eigenvalue weighted by atomic mass is 9.98. The van der Waals surface area contributed by atoms with Gasteiger partial charge in [-0.25, -0.2) is 4.39 Å². The maximum absolute atomic E-state index is 13.0. The summed E-state index contributed by atoms with van der Waals surface area (Å²) in [6.07, 6.45) is 0.331. The number of benzene rings is 2. The molecule has 3 rings (SSSR count). The normalized spacial score (nSPS) is 11.0. The zero-order valence-corrected chi connectivity index (χ0v) is 11.9. The van der Waals surface area contributed by atoms with Gasteiger partial charge in [-0.3, -0.25) is 4.79 Å². The van der Waals surface area contributed by atoms with Crippen LogP contribution in [0.1, 0.15) is 16.7 Å². The smallest absolute Gasteiger partial charge is 0.252 e. The Morgan fingerprint density at radius 2 is 1.82 bits per heavy atom. The highest BCUT2D eigenvalue weighted by Crippen LogP contribution is 2.31. The second-order valence-electron chi connectivity index (χ2n) is 5.25. The number of hydrogen-bond acceptors (Lipinski definition) is 3. The van der Waals surface area contributed by atoms with Crippen LogP contribution in [0, 0.1) is 12.7 Å². The summed E-state index contributed by atoms with van der Waals surface area (Å²) >= 11 is 0. The van der Waals surface area contributed by atoms with Gasteiger partial charge in [0.05, 0.1) is 5.52 Å². The number of aryl methyl sites for hydroxylation is 1. The van der Waals surface area contributed by atoms with Crippen LogP contribution in [0.15, 0.2) is 41.2 Å². The molecule has 0 atom stereocenters. The highest BCUT2D eigenvalue weighted by Gasteiger charge is 2.13. The van der Waals surface area contributed by atoms with E-state index in [9.17, 15) is 19.4 Å². The molecular formula is C17H14FNO3. The molecule has 0 aliphatic heterocycles. The molecule has 0 aliphatic carbocycles. The number of H-pyrrole nitrogens is 1. The van der Waals surface area contributed by atoms with E-state index in [1.54, 1.807) is 19.1 Å². The fraction of sp³-hybridized carbons (Fsp3) is 0.118. The third-order valence-electron chi connectivity index (χ3n) is 3.75. The Morgan fingerprint density at radius 1 is 1.14 bits per heavy atom. The largest absolute Gasteiger partial charge is 0.508 e. The van der Waals surface area contributed by atoms with E-state index >= 15 is 0 Å². The predicted molar refractivity (Wildman–Crippen MR) is 81.8 cm³/mol. The Balaban J connectivity index is 2.18. The third kappa shape index (κ3) is 2.41. The number of aromatic amines is 1. The third-order valence-corrected chi connectivity index (χ3v) is 3.75. The van der Waals surface area contributed by atoms with Crippen LogP contribution < -0.4 is 5.56 Å². The van der Waals surface area contributed by atoms with Gasteiger partial charge in [0, 0.05) is 29.5 Å². The van der Waals surface area contributed by atoms with E-state index in [0.717, 1.165) is 5.56 Å². The van der Waals surface area contributed by atoms with Crippen molar-refractivity contribution in [2.24, 2.45) is 0 Å². The molecule has 3 N–H and O–H groups in total. The van der Waals surface area contributed by atoms with Crippen molar-refractivity contribution in [1.29, 1.82) is 0 Å². The first-order valence-electron chi connectivity index (χ1n) is 6.77. The van der Waals surface area contributed by atoms with Gasteiger partial charge in [-0.1, -0.05) is 12.1 Å². The highest BCUT2D eigenvalue weighted by atomic mass is 19.1. The zero-order valence-electron chi connectivity index (χ0n) is 11.9. The minimum absolute atomic E-state index is 0.0934. The molecule has 0 amide bonds. The SMILES string of the molecule is Cc1c(Cc2ccc(F)cc2)c(=O)[nH]c2cc(O)cc(O)c12. The second kappa shape index (κ2) is 5.18. The van der Waals surface area contributed by atoms with Crippen LogP contribution in [-0.2, 0) is 6.42 Å². The highest BCUT2D eigenvalue weighted by molar-refractivity contribution is 5.90. The van der Waals surface area contributed by atoms with Crippen molar-refractivity contribution in [3.63, 3.8) is 0 Å². The molecule has 3 aromatic rings. The molecule has 0 saturated carbocycles. The quantitative estimate of drug-likeness (QED) is 0.681. The van der Waals surface area contributed by atoms with E-state index in [-0.39, 0.29) is 22.9 Å². The molecule has 0 radical (unpaired) electrons. The van der Waals surface area contributed by atoms with Gasteiger partial charge in [-0.15, -0.1) is 0 Å². The molecule has 1 heterocycles. The van der Waals surface area contributed by atoms with E-state index in [1.165, 1.54) is 24.3 Å². The van der Waals surface area contributed by atoms with Crippen molar-refractivity contribution in [3.8, 4) is 11.5 Å². The molecule has 1 aromatic heterocycles. The standard InChI is InChI=1S/C17H14FNO3/c1-9-13(6-10-2-4-11(18)5-3-10)17(22)19-14-7-12(20)8-15(21)16(9)14/h2-5,7-8,20-21H,6H2,1H3,(H,19,22). The molecule has 5 heteroatoms. The first kappa shape index (κ1) is 14.1. The molecule has 0 fully saturated rings. The lowest BCUT2D eigenvalue weighted by Gasteiger charge is -2.11. The second-order valence-corrected chi connectivity index (χ2v) is 5.25. The summed E-state index contributed by atoms with van der Waals surface area (Å²) in [5.74, 6) is -0.545. The fourth-order valence-corrected chi connectivity index (χ4v) is 2.64. The molecule has 0 bridgehead atoms. The molecule has 112 valence electrons. The topological polar surface area (TPSA) is 73.3 Å². The average Bonchev–Trinajstić information content (AvgIpc) is 2.44. The van der Waals surface area contributed by atoms with Gasteiger partial charge in [-0.05, 0) is 30.2 Å². The van der Waals surface area contributed by atoms with Gasteiger partial charge >= 0.3 is 0 Å². The average molecular weight is 299 g/mol. The van der Waals surface area contributed by atoms with Crippen LogP contribution >= 0.6 is 0 Å². The maximum Gasteiger partial charge on any atom is 0.252 e. The van der Waals surface area contributed by atoms with E-state index < -0.39 is 0 Å². The molecule has 0 spiro atoms. The van der Waals surface area contributed by atoms with E-state index in [4.69, 9.17) is 0 Å². The number of phenols is 2. The van der Waals surface area contributed by atoms with Crippen LogP contribution in [-0.4, -0.2) is 15.2 Å². The fourth-order valence-electron chi connectivity index (χ4n) is 2.64. The minimum atomic E-state index is -0.332. The van der Waals surface area contributed by atoms with Crippen LogP contribution in [0.25, 0.3) is 10.9 Å². The molecular weight excluding hydrogens is 285 g/mol. The molecule has 0 aliphatic rings. The van der Waals surface area contributed by atoms with Gasteiger partial charge in [-0.2, -0.15) is 0 Å². The summed E-state index contributed by atoms with van der Waals surface area (Å²) in [5.41, 5.74) is 2.02. The van der Waals surface area contributed by atoms with E-state index in [1.807, 2.05) is 0 Å². The summed E-state index contributed by atoms with van der Waals surface area (Å²) in [5, 5.41) is 20.0. The molecule has 4 nitrogen and oxygen atoms in total. The Morgan fingerprint density at radius 3 is 2.50 bits per heavy atom. The molecule has 2 aromatic carbocycles. The first-order valence-corrected chi connectivity index (χ1v) is 6.77. The van der Waals surface area contributed by atoms with Gasteiger partial charge in [0.15, 0.2) is 0 Å². The molecule has 22 heavy (non-hydrogen) atoms. The van der Waals surface area contributed by atoms with Crippen molar-refractivity contribution in [1.82, 2.24) is 4.98 Å². The summed E-state index contributed by atoms with van der Waals surface area (Å²) in [7, 11) is 0. The van der Waals surface area contributed by atoms with Gasteiger partial charge in [0.25, 0.3) is 5.56 Å². The van der Waals surface area contributed by atoms with Crippen LogP contribution in [0.2, 0.25) is 0 Å². The Kier molecular flexibility index (Phi) is 3.33. The number of rotatable bonds is 2. The lowest BCUT2D eigenvalue weighted by Crippen LogP contribution is -2.15. The van der Waals surface area contributed by atoms with E-state index in [0.29, 0.717) is 28.5 Å². The van der Waals surface area contributed by atoms with Crippen molar-refractivity contribution >= 4 is 10.9 Å². The van der Waals surface area contributed by atoms with Gasteiger partial charge in [0.2, 0.25) is 0 Å². The number of phenolic OH excluding ortho intramolecular Hbond substituents is 2. The Bertz CT molecular complexity index is 914. The number of aromatic hydroxyl groups is 2. The lowest BCUT2D eigenvalue weighted by molar-refractivity contribution is 0.455. The minimum Gasteiger partial charge on any atom is -0.508 e. The van der Waals surface area contributed by atoms with Crippen LogP contribution in [0.5, 0.6) is 11.5 Å². The number of halogens is 1. The van der Waals surface area contributed by atoms with Crippen molar-refractivity contribution in [3.05, 3.63) is 69.3 Å². The predicted octanol–water partition coefficient (Wildman–Crippen LogP) is 2.98. The number of aromatic nitrogens is 1. The summed E-state index contributed by atoms with van der Waals surface area (Å²) in [6, 6.07) is 8.55. The van der Waals surface area contributed by atoms with E-state index in [2.05, 4.69) is 4.98 Å². The summed E-state index contributed by atoms with van der Waals surface area (Å²) in [4.78, 5) is 14.9. The van der Waals surface area contributed by atoms with Crippen molar-refractivity contribution in [2.75, 3.05) is 0 Å². The number of fused-ring (bicyclic) bond motifs is 1. The van der Waals surface area contributed by atoms with Crippen LogP contribution in [0.3, 0.4) is 0 Å². The summed E-state index contributed by atoms with van der Waals surface area (Å²) < 4.78 is 13.0. The Labute approximate surface area is 125 Å². The summed E-state index contributed by atoms with van der Waals surface area (Å²) in [6.45, 7) is 1.74. The van der Waals surface area contributed by atoms with Crippen molar-refractivity contribution in [2.45, 2.75) is 13.3 Å². The van der Waals surface area contributed by atoms with Gasteiger partial charge < -0.3 is 15.2 Å². The molecule has 0 saturated heterocycles. The van der Waals surface area contributed by atoms with Crippen molar-refractivity contribution < 1.29 is 14.6 Å². The first-order chi connectivity index (χ1) is 10.5. The van der Waals surface area contributed by atoms with Gasteiger partial charge in [0.1, 0.15) is 17.3 Å². The Hall–Kier alpha value is -2.82. The number of hydrogen-bond donors (Lipinski definition) is 3. The number of pyridine rings is 1. The molecule has 0 unspecified atom stereocenters. The monoisotopic (exact) mass is 299 g/mol. The number of nitrogens with one attached hydrogen (secondary N) is 1.